The summed E-state index contributed by atoms with van der Waals surface area (Å²) in [6.45, 7) is 4.48. The minimum absolute atomic E-state index is 0.0661. The Labute approximate surface area is 88.4 Å². The number of benzene rings is 1. The zero-order valence-corrected chi connectivity index (χ0v) is 8.95. The molecule has 0 unspecified atom stereocenters. The van der Waals surface area contributed by atoms with Gasteiger partial charge in [0.05, 0.1) is 5.69 Å². The van der Waals surface area contributed by atoms with Crippen LogP contribution in [0.2, 0.25) is 0 Å². The van der Waals surface area contributed by atoms with Gasteiger partial charge in [0.25, 0.3) is 5.56 Å². The molecule has 0 aliphatic rings. The third-order valence-corrected chi connectivity index (χ3v) is 2.57. The van der Waals surface area contributed by atoms with Gasteiger partial charge in [-0.2, -0.15) is 0 Å². The molecule has 2 aromatic rings. The molecule has 0 bridgehead atoms. The first-order valence-corrected chi connectivity index (χ1v) is 5.09. The fourth-order valence-electron chi connectivity index (χ4n) is 1.69. The van der Waals surface area contributed by atoms with Gasteiger partial charge in [0.2, 0.25) is 0 Å². The van der Waals surface area contributed by atoms with Gasteiger partial charge in [-0.1, -0.05) is 30.3 Å². The minimum Gasteiger partial charge on any atom is -0.295 e. The lowest BCUT2D eigenvalue weighted by Crippen LogP contribution is -2.16. The topological polar surface area (TPSA) is 37.8 Å². The Kier molecular flexibility index (Phi) is 2.46. The van der Waals surface area contributed by atoms with Gasteiger partial charge < -0.3 is 0 Å². The van der Waals surface area contributed by atoms with Crippen LogP contribution < -0.4 is 5.56 Å². The Bertz CT molecular complexity index is 508. The quantitative estimate of drug-likeness (QED) is 0.796. The average molecular weight is 202 g/mol. The second-order valence-electron chi connectivity index (χ2n) is 3.53. The number of nitrogens with one attached hydrogen (secondary N) is 1. The van der Waals surface area contributed by atoms with Crippen molar-refractivity contribution in [3.8, 4) is 11.3 Å². The zero-order chi connectivity index (χ0) is 10.8. The predicted molar refractivity (Wildman–Crippen MR) is 60.9 cm³/mol. The Morgan fingerprint density at radius 2 is 1.93 bits per heavy atom. The molecule has 1 heterocycles. The van der Waals surface area contributed by atoms with Gasteiger partial charge in [0.15, 0.2) is 0 Å². The van der Waals surface area contributed by atoms with Gasteiger partial charge in [0, 0.05) is 12.1 Å². The van der Waals surface area contributed by atoms with Crippen molar-refractivity contribution >= 4 is 0 Å². The highest BCUT2D eigenvalue weighted by atomic mass is 16.1. The van der Waals surface area contributed by atoms with Crippen LogP contribution in [0.4, 0.5) is 0 Å². The van der Waals surface area contributed by atoms with Crippen LogP contribution >= 0.6 is 0 Å². The van der Waals surface area contributed by atoms with Crippen LogP contribution in [0.1, 0.15) is 12.5 Å². The van der Waals surface area contributed by atoms with Gasteiger partial charge in [-0.25, -0.2) is 0 Å². The lowest BCUT2D eigenvalue weighted by molar-refractivity contribution is 0.639. The molecule has 3 heteroatoms. The fraction of sp³-hybridized carbons (Fsp3) is 0.250. The van der Waals surface area contributed by atoms with E-state index in [2.05, 4.69) is 5.10 Å². The maximum atomic E-state index is 11.7. The highest BCUT2D eigenvalue weighted by molar-refractivity contribution is 5.61. The smallest absolute Gasteiger partial charge is 0.269 e. The van der Waals surface area contributed by atoms with Crippen molar-refractivity contribution in [2.24, 2.45) is 0 Å². The molecule has 0 saturated heterocycles. The minimum atomic E-state index is 0.0661. The summed E-state index contributed by atoms with van der Waals surface area (Å²) in [7, 11) is 0. The van der Waals surface area contributed by atoms with Crippen molar-refractivity contribution in [2.45, 2.75) is 20.4 Å². The maximum absolute atomic E-state index is 11.7. The summed E-state index contributed by atoms with van der Waals surface area (Å²) >= 11 is 0. The molecular formula is C12H14N2O. The van der Waals surface area contributed by atoms with E-state index in [1.165, 1.54) is 0 Å². The van der Waals surface area contributed by atoms with Crippen molar-refractivity contribution in [2.75, 3.05) is 0 Å². The third-order valence-electron chi connectivity index (χ3n) is 2.57. The number of H-pyrrole nitrogens is 1. The summed E-state index contributed by atoms with van der Waals surface area (Å²) in [6.07, 6.45) is 0. The van der Waals surface area contributed by atoms with Crippen molar-refractivity contribution in [1.82, 2.24) is 9.78 Å². The number of rotatable bonds is 2. The van der Waals surface area contributed by atoms with Crippen molar-refractivity contribution in [3.05, 3.63) is 46.2 Å². The van der Waals surface area contributed by atoms with Crippen LogP contribution in [0.15, 0.2) is 35.1 Å². The van der Waals surface area contributed by atoms with Crippen LogP contribution in [-0.4, -0.2) is 9.78 Å². The molecule has 0 aliphatic heterocycles. The van der Waals surface area contributed by atoms with Crippen molar-refractivity contribution in [1.29, 1.82) is 0 Å². The molecule has 0 saturated carbocycles. The summed E-state index contributed by atoms with van der Waals surface area (Å²) in [5.74, 6) is 0. The van der Waals surface area contributed by atoms with Gasteiger partial charge in [-0.3, -0.25) is 14.6 Å². The van der Waals surface area contributed by atoms with Crippen molar-refractivity contribution < 1.29 is 0 Å². The number of aryl methyl sites for hydroxylation is 1. The monoisotopic (exact) mass is 202 g/mol. The number of hydrogen-bond acceptors (Lipinski definition) is 1. The van der Waals surface area contributed by atoms with E-state index in [0.717, 1.165) is 16.8 Å². The summed E-state index contributed by atoms with van der Waals surface area (Å²) in [5.41, 5.74) is 2.82. The highest BCUT2D eigenvalue weighted by Crippen LogP contribution is 2.17. The van der Waals surface area contributed by atoms with E-state index >= 15 is 0 Å². The maximum Gasteiger partial charge on any atom is 0.269 e. The van der Waals surface area contributed by atoms with Crippen LogP contribution in [0.25, 0.3) is 11.3 Å². The molecule has 1 N–H and O–H groups in total. The van der Waals surface area contributed by atoms with E-state index in [4.69, 9.17) is 0 Å². The van der Waals surface area contributed by atoms with Crippen LogP contribution in [-0.2, 0) is 6.54 Å². The lowest BCUT2D eigenvalue weighted by Gasteiger charge is -1.98. The Balaban J connectivity index is 2.60. The largest absolute Gasteiger partial charge is 0.295 e. The van der Waals surface area contributed by atoms with E-state index in [9.17, 15) is 4.79 Å². The molecule has 0 spiro atoms. The number of nitrogens with zero attached hydrogens (tertiary/aromatic N) is 1. The van der Waals surface area contributed by atoms with Crippen LogP contribution in [0, 0.1) is 6.92 Å². The van der Waals surface area contributed by atoms with E-state index < -0.39 is 0 Å². The molecule has 1 aromatic heterocycles. The molecule has 0 amide bonds. The summed E-state index contributed by atoms with van der Waals surface area (Å²) in [6, 6.07) is 9.90. The summed E-state index contributed by atoms with van der Waals surface area (Å²) < 4.78 is 1.62. The van der Waals surface area contributed by atoms with E-state index in [1.807, 2.05) is 44.2 Å². The normalized spacial score (nSPS) is 10.5. The number of hydrogen-bond donors (Lipinski definition) is 1. The predicted octanol–water partition coefficient (Wildman–Crippen LogP) is 2.17. The zero-order valence-electron chi connectivity index (χ0n) is 8.95. The number of aromatic amines is 1. The van der Waals surface area contributed by atoms with Gasteiger partial charge in [0.1, 0.15) is 0 Å². The standard InChI is InChI=1S/C12H14N2O/c1-3-14-12(15)9(2)11(13-14)10-7-5-4-6-8-10/h4-8,13H,3H2,1-2H3. The SMILES string of the molecule is CCn1[nH]c(-c2ccccc2)c(C)c1=O. The first kappa shape index (κ1) is 9.77. The first-order chi connectivity index (χ1) is 7.24. The lowest BCUT2D eigenvalue weighted by atomic mass is 10.1. The molecular weight excluding hydrogens is 188 g/mol. The summed E-state index contributed by atoms with van der Waals surface area (Å²) in [5, 5.41) is 3.12. The number of aromatic nitrogens is 2. The fourth-order valence-corrected chi connectivity index (χ4v) is 1.69. The molecule has 0 fully saturated rings. The molecule has 0 radical (unpaired) electrons. The third kappa shape index (κ3) is 1.61. The average Bonchev–Trinajstić information content (AvgIpc) is 2.57. The molecule has 15 heavy (non-hydrogen) atoms. The van der Waals surface area contributed by atoms with E-state index in [0.29, 0.717) is 6.54 Å². The molecule has 0 atom stereocenters. The van der Waals surface area contributed by atoms with Gasteiger partial charge in [-0.05, 0) is 19.4 Å². The Morgan fingerprint density at radius 3 is 2.47 bits per heavy atom. The summed E-state index contributed by atoms with van der Waals surface area (Å²) in [4.78, 5) is 11.7. The van der Waals surface area contributed by atoms with Gasteiger partial charge in [-0.15, -0.1) is 0 Å². The Hall–Kier alpha value is -1.77. The van der Waals surface area contributed by atoms with Crippen molar-refractivity contribution in [3.63, 3.8) is 0 Å². The van der Waals surface area contributed by atoms with E-state index in [-0.39, 0.29) is 5.56 Å². The Morgan fingerprint density at radius 1 is 1.27 bits per heavy atom. The molecule has 3 nitrogen and oxygen atoms in total. The molecule has 2 rings (SSSR count). The second-order valence-corrected chi connectivity index (χ2v) is 3.53. The van der Waals surface area contributed by atoms with Crippen LogP contribution in [0.3, 0.4) is 0 Å². The molecule has 1 aromatic carbocycles. The molecule has 0 aliphatic carbocycles. The van der Waals surface area contributed by atoms with Gasteiger partial charge >= 0.3 is 0 Å². The molecule has 78 valence electrons. The van der Waals surface area contributed by atoms with Crippen LogP contribution in [0.5, 0.6) is 0 Å². The highest BCUT2D eigenvalue weighted by Gasteiger charge is 2.09. The van der Waals surface area contributed by atoms with E-state index in [1.54, 1.807) is 4.68 Å². The first-order valence-electron chi connectivity index (χ1n) is 5.09. The second kappa shape index (κ2) is 3.77.